The van der Waals surface area contributed by atoms with Gasteiger partial charge in [-0.15, -0.1) is 11.6 Å². The predicted molar refractivity (Wildman–Crippen MR) is 59.5 cm³/mol. The van der Waals surface area contributed by atoms with Gasteiger partial charge in [0, 0.05) is 5.38 Å². The number of halogens is 1. The molecule has 0 aromatic heterocycles. The molecule has 0 bridgehead atoms. The lowest BCUT2D eigenvalue weighted by Gasteiger charge is -2.16. The van der Waals surface area contributed by atoms with Crippen molar-refractivity contribution >= 4 is 11.6 Å². The fourth-order valence-electron chi connectivity index (χ4n) is 1.43. The number of benzene rings is 1. The maximum absolute atomic E-state index is 6.19. The van der Waals surface area contributed by atoms with Crippen molar-refractivity contribution in [3.63, 3.8) is 0 Å². The van der Waals surface area contributed by atoms with E-state index in [0.29, 0.717) is 5.92 Å². The molecule has 13 heavy (non-hydrogen) atoms. The van der Waals surface area contributed by atoms with Crippen LogP contribution in [0.15, 0.2) is 24.3 Å². The van der Waals surface area contributed by atoms with Crippen molar-refractivity contribution in [1.29, 1.82) is 0 Å². The van der Waals surface area contributed by atoms with Crippen LogP contribution in [0.3, 0.4) is 0 Å². The topological polar surface area (TPSA) is 0 Å². The summed E-state index contributed by atoms with van der Waals surface area (Å²) < 4.78 is 0. The van der Waals surface area contributed by atoms with E-state index in [4.69, 9.17) is 11.6 Å². The van der Waals surface area contributed by atoms with Gasteiger partial charge in [0.05, 0.1) is 0 Å². The zero-order valence-electron chi connectivity index (χ0n) is 8.55. The first-order chi connectivity index (χ1) is 6.15. The molecule has 1 aromatic carbocycles. The van der Waals surface area contributed by atoms with Gasteiger partial charge in [-0.25, -0.2) is 0 Å². The van der Waals surface area contributed by atoms with Crippen molar-refractivity contribution in [2.24, 2.45) is 0 Å². The van der Waals surface area contributed by atoms with E-state index in [-0.39, 0.29) is 5.38 Å². The van der Waals surface area contributed by atoms with Crippen LogP contribution in [0.5, 0.6) is 0 Å². The lowest BCUT2D eigenvalue weighted by atomic mass is 9.95. The lowest BCUT2D eigenvalue weighted by molar-refractivity contribution is 0.674. The molecule has 0 amide bonds. The monoisotopic (exact) mass is 196 g/mol. The Morgan fingerprint density at radius 2 is 1.77 bits per heavy atom. The van der Waals surface area contributed by atoms with E-state index in [1.165, 1.54) is 11.1 Å². The molecule has 2 atom stereocenters. The molecule has 1 rings (SSSR count). The van der Waals surface area contributed by atoms with Gasteiger partial charge in [-0.2, -0.15) is 0 Å². The first-order valence-corrected chi connectivity index (χ1v) is 5.29. The minimum absolute atomic E-state index is 0.253. The summed E-state index contributed by atoms with van der Waals surface area (Å²) >= 11 is 6.19. The molecule has 0 saturated heterocycles. The summed E-state index contributed by atoms with van der Waals surface area (Å²) in [6, 6.07) is 8.63. The van der Waals surface area contributed by atoms with E-state index in [0.717, 1.165) is 6.42 Å². The van der Waals surface area contributed by atoms with Crippen molar-refractivity contribution in [3.8, 4) is 0 Å². The van der Waals surface area contributed by atoms with Crippen LogP contribution >= 0.6 is 11.6 Å². The highest BCUT2D eigenvalue weighted by Crippen LogP contribution is 2.25. The number of hydrogen-bond donors (Lipinski definition) is 0. The largest absolute Gasteiger partial charge is 0.122 e. The van der Waals surface area contributed by atoms with Gasteiger partial charge >= 0.3 is 0 Å². The van der Waals surface area contributed by atoms with Crippen molar-refractivity contribution < 1.29 is 0 Å². The van der Waals surface area contributed by atoms with Crippen LogP contribution in [0.4, 0.5) is 0 Å². The van der Waals surface area contributed by atoms with Gasteiger partial charge in [0.2, 0.25) is 0 Å². The molecular formula is C12H17Cl. The number of alkyl halides is 1. The molecule has 72 valence electrons. The Hall–Kier alpha value is -0.490. The van der Waals surface area contributed by atoms with E-state index < -0.39 is 0 Å². The molecule has 0 aliphatic rings. The molecule has 0 aliphatic carbocycles. The second kappa shape index (κ2) is 4.66. The maximum atomic E-state index is 6.19. The Morgan fingerprint density at radius 3 is 2.23 bits per heavy atom. The number of rotatable bonds is 3. The summed E-state index contributed by atoms with van der Waals surface area (Å²) in [6.07, 6.45) is 1.02. The van der Waals surface area contributed by atoms with Crippen LogP contribution in [-0.2, 0) is 0 Å². The van der Waals surface area contributed by atoms with Gasteiger partial charge < -0.3 is 0 Å². The lowest BCUT2D eigenvalue weighted by Crippen LogP contribution is -2.07. The van der Waals surface area contributed by atoms with Crippen molar-refractivity contribution in [1.82, 2.24) is 0 Å². The van der Waals surface area contributed by atoms with E-state index in [2.05, 4.69) is 45.0 Å². The van der Waals surface area contributed by atoms with Gasteiger partial charge in [-0.05, 0) is 24.8 Å². The Morgan fingerprint density at radius 1 is 1.23 bits per heavy atom. The highest BCUT2D eigenvalue weighted by molar-refractivity contribution is 6.21. The van der Waals surface area contributed by atoms with Crippen molar-refractivity contribution in [2.75, 3.05) is 0 Å². The van der Waals surface area contributed by atoms with Crippen LogP contribution < -0.4 is 0 Å². The molecule has 0 heterocycles. The molecular weight excluding hydrogens is 180 g/mol. The highest BCUT2D eigenvalue weighted by atomic mass is 35.5. The van der Waals surface area contributed by atoms with E-state index in [1.54, 1.807) is 0 Å². The number of hydrogen-bond acceptors (Lipinski definition) is 0. The molecule has 1 heteroatoms. The normalized spacial score (nSPS) is 15.4. The minimum Gasteiger partial charge on any atom is -0.122 e. The van der Waals surface area contributed by atoms with E-state index >= 15 is 0 Å². The first-order valence-electron chi connectivity index (χ1n) is 4.85. The Bertz CT molecular complexity index is 250. The second-order valence-electron chi connectivity index (χ2n) is 3.62. The zero-order chi connectivity index (χ0) is 9.84. The third-order valence-corrected chi connectivity index (χ3v) is 3.22. The molecule has 0 N–H and O–H groups in total. The SMILES string of the molecule is CCC(Cl)C(C)c1ccc(C)cc1. The summed E-state index contributed by atoms with van der Waals surface area (Å²) in [7, 11) is 0. The molecule has 0 nitrogen and oxygen atoms in total. The smallest absolute Gasteiger partial charge is 0.0399 e. The Labute approximate surface area is 85.9 Å². The van der Waals surface area contributed by atoms with Crippen molar-refractivity contribution in [3.05, 3.63) is 35.4 Å². The zero-order valence-corrected chi connectivity index (χ0v) is 9.31. The van der Waals surface area contributed by atoms with E-state index in [9.17, 15) is 0 Å². The number of aryl methyl sites for hydroxylation is 1. The molecule has 1 aromatic rings. The molecule has 0 saturated carbocycles. The molecule has 0 spiro atoms. The van der Waals surface area contributed by atoms with Gasteiger partial charge in [-0.3, -0.25) is 0 Å². The third kappa shape index (κ3) is 2.73. The Balaban J connectivity index is 2.77. The van der Waals surface area contributed by atoms with Crippen molar-refractivity contribution in [2.45, 2.75) is 38.5 Å². The summed E-state index contributed by atoms with van der Waals surface area (Å²) in [4.78, 5) is 0. The quantitative estimate of drug-likeness (QED) is 0.639. The Kier molecular flexibility index (Phi) is 3.80. The molecule has 0 radical (unpaired) electrons. The van der Waals surface area contributed by atoms with Crippen LogP contribution in [-0.4, -0.2) is 5.38 Å². The van der Waals surface area contributed by atoms with Gasteiger partial charge in [0.25, 0.3) is 0 Å². The van der Waals surface area contributed by atoms with Gasteiger partial charge in [-0.1, -0.05) is 43.7 Å². The standard InChI is InChI=1S/C12H17Cl/c1-4-12(13)10(3)11-7-5-9(2)6-8-11/h5-8,10,12H,4H2,1-3H3. The van der Waals surface area contributed by atoms with Crippen LogP contribution in [0.2, 0.25) is 0 Å². The van der Waals surface area contributed by atoms with Gasteiger partial charge in [0.1, 0.15) is 0 Å². The second-order valence-corrected chi connectivity index (χ2v) is 4.18. The average molecular weight is 197 g/mol. The van der Waals surface area contributed by atoms with Gasteiger partial charge in [0.15, 0.2) is 0 Å². The minimum atomic E-state index is 0.253. The molecule has 0 aliphatic heterocycles. The fraction of sp³-hybridized carbons (Fsp3) is 0.500. The van der Waals surface area contributed by atoms with Crippen LogP contribution in [0.1, 0.15) is 37.3 Å². The highest BCUT2D eigenvalue weighted by Gasteiger charge is 2.13. The van der Waals surface area contributed by atoms with Crippen LogP contribution in [0.25, 0.3) is 0 Å². The van der Waals surface area contributed by atoms with E-state index in [1.807, 2.05) is 0 Å². The summed E-state index contributed by atoms with van der Waals surface area (Å²) in [6.45, 7) is 6.42. The fourth-order valence-corrected chi connectivity index (χ4v) is 1.58. The summed E-state index contributed by atoms with van der Waals surface area (Å²) in [5.74, 6) is 0.451. The molecule has 0 fully saturated rings. The van der Waals surface area contributed by atoms with Crippen LogP contribution in [0, 0.1) is 6.92 Å². The average Bonchev–Trinajstić information content (AvgIpc) is 2.17. The molecule has 2 unspecified atom stereocenters. The predicted octanol–water partition coefficient (Wildman–Crippen LogP) is 4.12. The summed E-state index contributed by atoms with van der Waals surface area (Å²) in [5.41, 5.74) is 2.64. The summed E-state index contributed by atoms with van der Waals surface area (Å²) in [5, 5.41) is 0.253. The maximum Gasteiger partial charge on any atom is 0.0399 e. The third-order valence-electron chi connectivity index (χ3n) is 2.54. The first kappa shape index (κ1) is 10.6.